The number of ether oxygens (including phenoxy) is 2. The molecule has 0 atom stereocenters. The first kappa shape index (κ1) is 20.4. The van der Waals surface area contributed by atoms with Gasteiger partial charge in [0, 0.05) is 18.3 Å². The van der Waals surface area contributed by atoms with Crippen molar-refractivity contribution < 1.29 is 22.7 Å². The second kappa shape index (κ2) is 7.96. The van der Waals surface area contributed by atoms with Crippen molar-refractivity contribution in [1.82, 2.24) is 4.31 Å². The highest BCUT2D eigenvalue weighted by molar-refractivity contribution is 7.88. The molecule has 0 fully saturated rings. The van der Waals surface area contributed by atoms with Crippen molar-refractivity contribution in [2.75, 3.05) is 26.6 Å². The molecule has 1 aliphatic rings. The second-order valence-electron chi connectivity index (χ2n) is 6.34. The summed E-state index contributed by atoms with van der Waals surface area (Å²) >= 11 is 0. The van der Waals surface area contributed by atoms with Crippen LogP contribution in [-0.4, -0.2) is 45.6 Å². The summed E-state index contributed by atoms with van der Waals surface area (Å²) in [7, 11) is 0.195. The molecule has 0 unspecified atom stereocenters. The Morgan fingerprint density at radius 1 is 1.07 bits per heavy atom. The predicted octanol–water partition coefficient (Wildman–Crippen LogP) is 2.51. The van der Waals surface area contributed by atoms with Crippen molar-refractivity contribution in [2.45, 2.75) is 6.92 Å². The van der Waals surface area contributed by atoms with Crippen LogP contribution in [0.1, 0.15) is 11.1 Å². The molecule has 8 nitrogen and oxygen atoms in total. The Balaban J connectivity index is 2.00. The fourth-order valence-corrected chi connectivity index (χ4v) is 3.73. The minimum atomic E-state index is -4.07. The number of benzene rings is 2. The van der Waals surface area contributed by atoms with Crippen LogP contribution in [0.15, 0.2) is 58.6 Å². The maximum atomic E-state index is 12.8. The van der Waals surface area contributed by atoms with E-state index in [4.69, 9.17) is 9.47 Å². The van der Waals surface area contributed by atoms with Gasteiger partial charge in [0.25, 0.3) is 5.91 Å². The Hall–Kier alpha value is -3.33. The molecule has 0 saturated carbocycles. The van der Waals surface area contributed by atoms with E-state index in [0.717, 1.165) is 9.87 Å². The van der Waals surface area contributed by atoms with Gasteiger partial charge in [-0.05, 0) is 48.9 Å². The number of allylic oxidation sites excluding steroid dienone is 1. The Morgan fingerprint density at radius 2 is 1.79 bits per heavy atom. The van der Waals surface area contributed by atoms with E-state index in [1.807, 2.05) is 13.0 Å². The summed E-state index contributed by atoms with van der Waals surface area (Å²) in [5.74, 6) is 0.353. The van der Waals surface area contributed by atoms with Crippen LogP contribution >= 0.6 is 0 Å². The standard InChI is InChI=1S/C20H21N3O5S/c1-13-6-5-7-15(10-13)21-20(24)17-12-16(22-29(25,26)23(17)2)14-8-9-18(27-3)19(11-14)28-4/h5-12H,1-4H3,(H,21,24). The van der Waals surface area contributed by atoms with Crippen LogP contribution in [0.5, 0.6) is 11.5 Å². The zero-order valence-corrected chi connectivity index (χ0v) is 17.3. The van der Waals surface area contributed by atoms with Crippen molar-refractivity contribution in [3.05, 3.63) is 65.4 Å². The van der Waals surface area contributed by atoms with Gasteiger partial charge in [-0.3, -0.25) is 4.79 Å². The lowest BCUT2D eigenvalue weighted by atomic mass is 10.1. The highest BCUT2D eigenvalue weighted by Gasteiger charge is 2.30. The lowest BCUT2D eigenvalue weighted by Gasteiger charge is -2.24. The van der Waals surface area contributed by atoms with Gasteiger partial charge >= 0.3 is 10.2 Å². The van der Waals surface area contributed by atoms with Crippen molar-refractivity contribution >= 4 is 27.5 Å². The van der Waals surface area contributed by atoms with E-state index in [9.17, 15) is 13.2 Å². The van der Waals surface area contributed by atoms with E-state index in [1.54, 1.807) is 36.4 Å². The quantitative estimate of drug-likeness (QED) is 0.809. The molecule has 0 aromatic heterocycles. The maximum Gasteiger partial charge on any atom is 0.345 e. The number of amides is 1. The summed E-state index contributed by atoms with van der Waals surface area (Å²) in [5, 5.41) is 2.72. The molecule has 2 aromatic rings. The smallest absolute Gasteiger partial charge is 0.345 e. The number of carbonyl (C=O) groups excluding carboxylic acids is 1. The second-order valence-corrected chi connectivity index (χ2v) is 7.97. The summed E-state index contributed by atoms with van der Waals surface area (Å²) in [5.41, 5.74) is 2.08. The van der Waals surface area contributed by atoms with Crippen molar-refractivity contribution in [2.24, 2.45) is 4.40 Å². The van der Waals surface area contributed by atoms with Gasteiger partial charge in [0.05, 0.1) is 19.9 Å². The molecular formula is C20H21N3O5S. The number of aryl methyl sites for hydroxylation is 1. The van der Waals surface area contributed by atoms with E-state index >= 15 is 0 Å². The highest BCUT2D eigenvalue weighted by Crippen LogP contribution is 2.29. The van der Waals surface area contributed by atoms with Gasteiger partial charge in [-0.1, -0.05) is 12.1 Å². The lowest BCUT2D eigenvalue weighted by Crippen LogP contribution is -2.35. The van der Waals surface area contributed by atoms with Crippen LogP contribution in [0.25, 0.3) is 0 Å². The number of likely N-dealkylation sites (N-methyl/N-ethyl adjacent to an activating group) is 1. The van der Waals surface area contributed by atoms with Gasteiger partial charge in [-0.2, -0.15) is 8.42 Å². The Bertz CT molecular complexity index is 1120. The van der Waals surface area contributed by atoms with Crippen LogP contribution in [-0.2, 0) is 15.0 Å². The molecule has 1 heterocycles. The van der Waals surface area contributed by atoms with Crippen molar-refractivity contribution in [3.63, 3.8) is 0 Å². The van der Waals surface area contributed by atoms with E-state index < -0.39 is 16.1 Å². The monoisotopic (exact) mass is 415 g/mol. The minimum Gasteiger partial charge on any atom is -0.493 e. The Kier molecular flexibility index (Phi) is 5.60. The highest BCUT2D eigenvalue weighted by atomic mass is 32.2. The number of nitrogens with zero attached hydrogens (tertiary/aromatic N) is 2. The molecule has 3 rings (SSSR count). The van der Waals surface area contributed by atoms with Crippen LogP contribution in [0.3, 0.4) is 0 Å². The van der Waals surface area contributed by atoms with E-state index in [2.05, 4.69) is 9.71 Å². The molecule has 9 heteroatoms. The molecule has 29 heavy (non-hydrogen) atoms. The maximum absolute atomic E-state index is 12.8. The van der Waals surface area contributed by atoms with Crippen LogP contribution < -0.4 is 14.8 Å². The third-order valence-corrected chi connectivity index (χ3v) is 5.68. The summed E-state index contributed by atoms with van der Waals surface area (Å²) < 4.78 is 40.2. The fourth-order valence-electron chi connectivity index (χ4n) is 2.81. The van der Waals surface area contributed by atoms with Gasteiger partial charge in [0.2, 0.25) is 0 Å². The van der Waals surface area contributed by atoms with Gasteiger partial charge in [0.1, 0.15) is 5.70 Å². The number of nitrogens with one attached hydrogen (secondary N) is 1. The van der Waals surface area contributed by atoms with Gasteiger partial charge < -0.3 is 14.8 Å². The number of rotatable bonds is 5. The topological polar surface area (TPSA) is 97.3 Å². The first-order valence-electron chi connectivity index (χ1n) is 8.66. The van der Waals surface area contributed by atoms with Gasteiger partial charge in [0.15, 0.2) is 11.5 Å². The number of carbonyl (C=O) groups is 1. The number of methoxy groups -OCH3 is 2. The summed E-state index contributed by atoms with van der Waals surface area (Å²) in [6.45, 7) is 1.90. The molecule has 152 valence electrons. The zero-order valence-electron chi connectivity index (χ0n) is 16.5. The van der Waals surface area contributed by atoms with E-state index in [-0.39, 0.29) is 11.4 Å². The Morgan fingerprint density at radius 3 is 2.45 bits per heavy atom. The van der Waals surface area contributed by atoms with Gasteiger partial charge in [-0.15, -0.1) is 4.40 Å². The lowest BCUT2D eigenvalue weighted by molar-refractivity contribution is -0.113. The molecule has 0 spiro atoms. The SMILES string of the molecule is COc1ccc(C2=NS(=O)(=O)N(C)C(C(=O)Nc3cccc(C)c3)=C2)cc1OC. The molecule has 0 bridgehead atoms. The third-order valence-electron chi connectivity index (χ3n) is 4.36. The zero-order chi connectivity index (χ0) is 21.2. The van der Waals surface area contributed by atoms with E-state index in [1.165, 1.54) is 27.3 Å². The molecular weight excluding hydrogens is 394 g/mol. The predicted molar refractivity (Wildman–Crippen MR) is 111 cm³/mol. The fraction of sp³-hybridized carbons (Fsp3) is 0.200. The average Bonchev–Trinajstić information content (AvgIpc) is 2.69. The number of hydrogen-bond donors (Lipinski definition) is 1. The van der Waals surface area contributed by atoms with Crippen molar-refractivity contribution in [3.8, 4) is 11.5 Å². The van der Waals surface area contributed by atoms with E-state index in [0.29, 0.717) is 22.7 Å². The third kappa shape index (κ3) is 4.24. The average molecular weight is 415 g/mol. The number of anilines is 1. The van der Waals surface area contributed by atoms with Crippen LogP contribution in [0.4, 0.5) is 5.69 Å². The molecule has 2 aromatic carbocycles. The first-order chi connectivity index (χ1) is 13.7. The molecule has 1 aliphatic heterocycles. The summed E-state index contributed by atoms with van der Waals surface area (Å²) in [4.78, 5) is 12.8. The molecule has 0 aliphatic carbocycles. The van der Waals surface area contributed by atoms with Crippen LogP contribution in [0.2, 0.25) is 0 Å². The molecule has 0 radical (unpaired) electrons. The first-order valence-corrected chi connectivity index (χ1v) is 10.1. The minimum absolute atomic E-state index is 0.0497. The largest absolute Gasteiger partial charge is 0.493 e. The van der Waals surface area contributed by atoms with Crippen molar-refractivity contribution in [1.29, 1.82) is 0 Å². The van der Waals surface area contributed by atoms with Gasteiger partial charge in [-0.25, -0.2) is 4.31 Å². The molecule has 0 saturated heterocycles. The normalized spacial score (nSPS) is 15.2. The number of hydrogen-bond acceptors (Lipinski definition) is 5. The summed E-state index contributed by atoms with van der Waals surface area (Å²) in [6.07, 6.45) is 1.42. The van der Waals surface area contributed by atoms with Crippen LogP contribution in [0, 0.1) is 6.92 Å². The molecule has 1 N–H and O–H groups in total. The Labute approximate surface area is 169 Å². The molecule has 1 amide bonds. The summed E-state index contributed by atoms with van der Waals surface area (Å²) in [6, 6.07) is 12.1.